The van der Waals surface area contributed by atoms with E-state index < -0.39 is 23.4 Å². The van der Waals surface area contributed by atoms with Crippen molar-refractivity contribution in [3.05, 3.63) is 0 Å². The summed E-state index contributed by atoms with van der Waals surface area (Å²) >= 11 is 0. The molecule has 2 fully saturated rings. The normalized spacial score (nSPS) is 24.5. The van der Waals surface area contributed by atoms with Crippen molar-refractivity contribution in [1.82, 2.24) is 30.5 Å². The molecule has 0 aromatic heterocycles. The number of hydrogen-bond acceptors (Lipinski definition) is 6. The van der Waals surface area contributed by atoms with Gasteiger partial charge in [-0.05, 0) is 32.9 Å². The lowest BCUT2D eigenvalue weighted by atomic mass is 10.00. The van der Waals surface area contributed by atoms with Crippen LogP contribution in [-0.4, -0.2) is 102 Å². The van der Waals surface area contributed by atoms with Gasteiger partial charge in [0.2, 0.25) is 5.91 Å². The standard InChI is InChI=1S/C17H30N6O4/c1-5-17(2)15(26)23(16(27)18-17)19-13(24)11-21-7-6-8-22(10-9-21)12-14(25)20(3)4/h5-12H2,1-4H3,(H,18,27)(H,19,24). The van der Waals surface area contributed by atoms with Gasteiger partial charge in [-0.3, -0.25) is 29.6 Å². The molecule has 1 unspecified atom stereocenters. The van der Waals surface area contributed by atoms with Crippen LogP contribution in [0.1, 0.15) is 26.7 Å². The fourth-order valence-corrected chi connectivity index (χ4v) is 3.06. The molecule has 2 aliphatic heterocycles. The first-order valence-corrected chi connectivity index (χ1v) is 9.27. The summed E-state index contributed by atoms with van der Waals surface area (Å²) in [6.45, 7) is 6.73. The van der Waals surface area contributed by atoms with Crippen LogP contribution in [0.5, 0.6) is 0 Å². The van der Waals surface area contributed by atoms with Crippen molar-refractivity contribution in [2.24, 2.45) is 0 Å². The molecular weight excluding hydrogens is 352 g/mol. The molecule has 0 spiro atoms. The van der Waals surface area contributed by atoms with Crippen LogP contribution in [0.15, 0.2) is 0 Å². The Balaban J connectivity index is 1.83. The second-order valence-corrected chi connectivity index (χ2v) is 7.49. The second-order valence-electron chi connectivity index (χ2n) is 7.49. The van der Waals surface area contributed by atoms with Crippen LogP contribution < -0.4 is 10.7 Å². The highest BCUT2D eigenvalue weighted by molar-refractivity contribution is 6.07. The largest absolute Gasteiger partial charge is 0.348 e. The van der Waals surface area contributed by atoms with Gasteiger partial charge in [0, 0.05) is 27.2 Å². The minimum atomic E-state index is -0.980. The number of nitrogens with zero attached hydrogens (tertiary/aromatic N) is 4. The molecule has 2 heterocycles. The quantitative estimate of drug-likeness (QED) is 0.561. The number of likely N-dealkylation sites (N-methyl/N-ethyl adjacent to an activating group) is 1. The first-order valence-electron chi connectivity index (χ1n) is 9.27. The minimum absolute atomic E-state index is 0.0544. The molecule has 2 saturated heterocycles. The number of rotatable bonds is 6. The van der Waals surface area contributed by atoms with E-state index in [-0.39, 0.29) is 12.5 Å². The highest BCUT2D eigenvalue weighted by Crippen LogP contribution is 2.19. The lowest BCUT2D eigenvalue weighted by Crippen LogP contribution is -2.51. The third kappa shape index (κ3) is 5.16. The van der Waals surface area contributed by atoms with Crippen LogP contribution in [0.3, 0.4) is 0 Å². The van der Waals surface area contributed by atoms with Crippen molar-refractivity contribution < 1.29 is 19.2 Å². The molecule has 0 aliphatic carbocycles. The Morgan fingerprint density at radius 1 is 1.11 bits per heavy atom. The molecule has 2 aliphatic rings. The highest BCUT2D eigenvalue weighted by atomic mass is 16.2. The zero-order chi connectivity index (χ0) is 20.2. The average molecular weight is 382 g/mol. The molecule has 0 aromatic carbocycles. The minimum Gasteiger partial charge on any atom is -0.348 e. The zero-order valence-corrected chi connectivity index (χ0v) is 16.6. The molecule has 0 saturated carbocycles. The van der Waals surface area contributed by atoms with Gasteiger partial charge in [-0.1, -0.05) is 6.92 Å². The maximum Gasteiger partial charge on any atom is 0.344 e. The summed E-state index contributed by atoms with van der Waals surface area (Å²) in [5.74, 6) is -0.803. The van der Waals surface area contributed by atoms with E-state index in [1.165, 1.54) is 0 Å². The van der Waals surface area contributed by atoms with E-state index in [0.29, 0.717) is 32.6 Å². The van der Waals surface area contributed by atoms with E-state index in [0.717, 1.165) is 18.0 Å². The van der Waals surface area contributed by atoms with Crippen LogP contribution in [-0.2, 0) is 14.4 Å². The maximum absolute atomic E-state index is 12.3. The summed E-state index contributed by atoms with van der Waals surface area (Å²) in [6, 6.07) is -0.609. The van der Waals surface area contributed by atoms with Gasteiger partial charge in [0.05, 0.1) is 13.1 Å². The molecule has 2 N–H and O–H groups in total. The Hall–Kier alpha value is -2.20. The summed E-state index contributed by atoms with van der Waals surface area (Å²) in [4.78, 5) is 54.1. The lowest BCUT2D eigenvalue weighted by Gasteiger charge is -2.23. The summed E-state index contributed by atoms with van der Waals surface area (Å²) < 4.78 is 0. The smallest absolute Gasteiger partial charge is 0.344 e. The molecule has 10 nitrogen and oxygen atoms in total. The van der Waals surface area contributed by atoms with Crippen LogP contribution >= 0.6 is 0 Å². The van der Waals surface area contributed by atoms with Crippen LogP contribution in [0.2, 0.25) is 0 Å². The topological polar surface area (TPSA) is 105 Å². The Morgan fingerprint density at radius 3 is 2.22 bits per heavy atom. The van der Waals surface area contributed by atoms with Crippen LogP contribution in [0.4, 0.5) is 4.79 Å². The van der Waals surface area contributed by atoms with E-state index >= 15 is 0 Å². The number of hydrogen-bond donors (Lipinski definition) is 2. The third-order valence-electron chi connectivity index (χ3n) is 5.11. The Morgan fingerprint density at radius 2 is 1.70 bits per heavy atom. The number of urea groups is 1. The molecule has 27 heavy (non-hydrogen) atoms. The fourth-order valence-electron chi connectivity index (χ4n) is 3.06. The monoisotopic (exact) mass is 382 g/mol. The van der Waals surface area contributed by atoms with Crippen molar-refractivity contribution in [3.8, 4) is 0 Å². The number of imide groups is 1. The number of carbonyl (C=O) groups is 4. The van der Waals surface area contributed by atoms with Gasteiger partial charge >= 0.3 is 6.03 Å². The molecule has 0 radical (unpaired) electrons. The van der Waals surface area contributed by atoms with Crippen LogP contribution in [0.25, 0.3) is 0 Å². The molecule has 1 atom stereocenters. The second kappa shape index (κ2) is 8.66. The van der Waals surface area contributed by atoms with E-state index in [4.69, 9.17) is 0 Å². The summed E-state index contributed by atoms with van der Waals surface area (Å²) in [6.07, 6.45) is 1.28. The number of carbonyl (C=O) groups excluding carboxylic acids is 4. The van der Waals surface area contributed by atoms with Gasteiger partial charge in [0.15, 0.2) is 0 Å². The predicted molar refractivity (Wildman–Crippen MR) is 98.4 cm³/mol. The van der Waals surface area contributed by atoms with E-state index in [9.17, 15) is 19.2 Å². The predicted octanol–water partition coefficient (Wildman–Crippen LogP) is -1.17. The van der Waals surface area contributed by atoms with Gasteiger partial charge in [-0.25, -0.2) is 4.79 Å². The molecule has 10 heteroatoms. The van der Waals surface area contributed by atoms with E-state index in [2.05, 4.69) is 15.6 Å². The number of amides is 5. The molecule has 5 amide bonds. The Kier molecular flexibility index (Phi) is 6.77. The fraction of sp³-hybridized carbons (Fsp3) is 0.765. The molecule has 0 bridgehead atoms. The van der Waals surface area contributed by atoms with Gasteiger partial charge in [0.25, 0.3) is 11.8 Å². The molecule has 152 valence electrons. The van der Waals surface area contributed by atoms with Crippen LogP contribution in [0, 0.1) is 0 Å². The first-order chi connectivity index (χ1) is 12.7. The number of hydrazine groups is 1. The Bertz CT molecular complexity index is 610. The van der Waals surface area contributed by atoms with Crippen molar-refractivity contribution in [2.75, 3.05) is 53.4 Å². The first kappa shape index (κ1) is 21.1. The van der Waals surface area contributed by atoms with E-state index in [1.807, 2.05) is 4.90 Å². The van der Waals surface area contributed by atoms with Crippen molar-refractivity contribution >= 4 is 23.8 Å². The SMILES string of the molecule is CCC1(C)NC(=O)N(NC(=O)CN2CCCN(CC(=O)N(C)C)CC2)C1=O. The Labute approximate surface area is 159 Å². The zero-order valence-electron chi connectivity index (χ0n) is 16.6. The van der Waals surface area contributed by atoms with E-state index in [1.54, 1.807) is 32.8 Å². The highest BCUT2D eigenvalue weighted by Gasteiger charge is 2.47. The summed E-state index contributed by atoms with van der Waals surface area (Å²) in [7, 11) is 3.46. The van der Waals surface area contributed by atoms with Crippen molar-refractivity contribution in [3.63, 3.8) is 0 Å². The average Bonchev–Trinajstić information content (AvgIpc) is 2.76. The van der Waals surface area contributed by atoms with Crippen molar-refractivity contribution in [2.45, 2.75) is 32.2 Å². The van der Waals surface area contributed by atoms with Crippen molar-refractivity contribution in [1.29, 1.82) is 0 Å². The molecular formula is C17H30N6O4. The van der Waals surface area contributed by atoms with Gasteiger partial charge in [0.1, 0.15) is 5.54 Å². The summed E-state index contributed by atoms with van der Waals surface area (Å²) in [5, 5.41) is 3.37. The van der Waals surface area contributed by atoms with Gasteiger partial charge < -0.3 is 10.2 Å². The number of nitrogens with one attached hydrogen (secondary N) is 2. The van der Waals surface area contributed by atoms with Gasteiger partial charge in [-0.15, -0.1) is 0 Å². The third-order valence-corrected chi connectivity index (χ3v) is 5.11. The van der Waals surface area contributed by atoms with Gasteiger partial charge in [-0.2, -0.15) is 5.01 Å². The molecule has 0 aromatic rings. The summed E-state index contributed by atoms with van der Waals surface area (Å²) in [5.41, 5.74) is 1.43. The molecule has 2 rings (SSSR count). The maximum atomic E-state index is 12.3. The lowest BCUT2D eigenvalue weighted by molar-refractivity contribution is -0.139.